The van der Waals surface area contributed by atoms with Crippen LogP contribution in [0, 0.1) is 0 Å². The van der Waals surface area contributed by atoms with Gasteiger partial charge in [0.2, 0.25) is 5.95 Å². The first-order valence-corrected chi connectivity index (χ1v) is 8.12. The molecule has 1 aliphatic heterocycles. The molecule has 3 aromatic heterocycles. The molecule has 4 heterocycles. The number of rotatable bonds is 5. The molecule has 3 aromatic rings. The van der Waals surface area contributed by atoms with Gasteiger partial charge < -0.3 is 20.3 Å². The molecule has 0 spiro atoms. The van der Waals surface area contributed by atoms with E-state index in [2.05, 4.69) is 35.7 Å². The lowest BCUT2D eigenvalue weighted by Gasteiger charge is -2.20. The Kier molecular flexibility index (Phi) is 4.06. The molecule has 4 rings (SSSR count). The maximum absolute atomic E-state index is 5.69. The number of hydrogen-bond acceptors (Lipinski definition) is 8. The van der Waals surface area contributed by atoms with Gasteiger partial charge in [0.25, 0.3) is 0 Å². The molecule has 1 fully saturated rings. The van der Waals surface area contributed by atoms with Gasteiger partial charge in [-0.25, -0.2) is 4.98 Å². The molecular weight excluding hydrogens is 320 g/mol. The standard InChI is InChI=1S/C16H20N8O/c1-17-16-18-7-6-13(21-16)23-8-11(12(9-23)25-2)20-14-4-3-5-15-22-19-10-24(14)15/h3-7,10-12,20H,8-9H2,1-2H3,(H,17,18,21)/t11-,12+/m1/s1. The maximum Gasteiger partial charge on any atom is 0.224 e. The van der Waals surface area contributed by atoms with Crippen LogP contribution in [0.15, 0.2) is 36.8 Å². The second-order valence-corrected chi connectivity index (χ2v) is 5.89. The summed E-state index contributed by atoms with van der Waals surface area (Å²) in [4.78, 5) is 10.9. The van der Waals surface area contributed by atoms with Crippen LogP contribution in [0.4, 0.5) is 17.6 Å². The molecule has 0 bridgehead atoms. The Morgan fingerprint density at radius 1 is 1.24 bits per heavy atom. The van der Waals surface area contributed by atoms with Gasteiger partial charge in [-0.1, -0.05) is 6.07 Å². The van der Waals surface area contributed by atoms with Gasteiger partial charge in [0.1, 0.15) is 18.0 Å². The number of hydrogen-bond donors (Lipinski definition) is 2. The van der Waals surface area contributed by atoms with E-state index in [1.54, 1.807) is 19.6 Å². The van der Waals surface area contributed by atoms with Crippen LogP contribution >= 0.6 is 0 Å². The molecule has 0 aliphatic carbocycles. The third-order valence-electron chi connectivity index (χ3n) is 4.42. The lowest BCUT2D eigenvalue weighted by atomic mass is 10.2. The Balaban J connectivity index is 1.56. The molecule has 2 atom stereocenters. The highest BCUT2D eigenvalue weighted by molar-refractivity contribution is 5.51. The summed E-state index contributed by atoms with van der Waals surface area (Å²) in [7, 11) is 3.55. The van der Waals surface area contributed by atoms with Crippen molar-refractivity contribution < 1.29 is 4.74 Å². The number of ether oxygens (including phenoxy) is 1. The quantitative estimate of drug-likeness (QED) is 0.707. The molecule has 0 saturated carbocycles. The van der Waals surface area contributed by atoms with Crippen molar-refractivity contribution in [2.24, 2.45) is 0 Å². The fourth-order valence-electron chi connectivity index (χ4n) is 3.14. The summed E-state index contributed by atoms with van der Waals surface area (Å²) in [6.45, 7) is 1.53. The van der Waals surface area contributed by atoms with Crippen LogP contribution in [0.25, 0.3) is 5.65 Å². The number of nitrogens with zero attached hydrogens (tertiary/aromatic N) is 6. The van der Waals surface area contributed by atoms with Crippen LogP contribution in [-0.2, 0) is 4.74 Å². The van der Waals surface area contributed by atoms with E-state index < -0.39 is 0 Å². The summed E-state index contributed by atoms with van der Waals surface area (Å²) in [5.41, 5.74) is 0.809. The Morgan fingerprint density at radius 3 is 3.00 bits per heavy atom. The molecule has 9 nitrogen and oxygen atoms in total. The van der Waals surface area contributed by atoms with E-state index in [1.165, 1.54) is 0 Å². The summed E-state index contributed by atoms with van der Waals surface area (Å²) in [6.07, 6.45) is 3.50. The van der Waals surface area contributed by atoms with E-state index in [-0.39, 0.29) is 12.1 Å². The highest BCUT2D eigenvalue weighted by atomic mass is 16.5. The zero-order valence-corrected chi connectivity index (χ0v) is 14.1. The number of aromatic nitrogens is 5. The zero-order chi connectivity index (χ0) is 17.2. The lowest BCUT2D eigenvalue weighted by molar-refractivity contribution is 0.113. The van der Waals surface area contributed by atoms with E-state index in [0.29, 0.717) is 5.95 Å². The molecular formula is C16H20N8O. The van der Waals surface area contributed by atoms with Crippen LogP contribution in [0.2, 0.25) is 0 Å². The van der Waals surface area contributed by atoms with Crippen molar-refractivity contribution in [2.45, 2.75) is 12.1 Å². The highest BCUT2D eigenvalue weighted by Gasteiger charge is 2.34. The molecule has 0 unspecified atom stereocenters. The molecule has 1 aliphatic rings. The van der Waals surface area contributed by atoms with Gasteiger partial charge in [0, 0.05) is 33.4 Å². The average Bonchev–Trinajstić information content (AvgIpc) is 3.29. The molecule has 0 radical (unpaired) electrons. The first-order valence-electron chi connectivity index (χ1n) is 8.12. The second-order valence-electron chi connectivity index (χ2n) is 5.89. The fourth-order valence-corrected chi connectivity index (χ4v) is 3.14. The Labute approximate surface area is 145 Å². The minimum atomic E-state index is 0.0414. The van der Waals surface area contributed by atoms with Crippen molar-refractivity contribution in [1.29, 1.82) is 0 Å². The summed E-state index contributed by atoms with van der Waals surface area (Å²) in [5, 5.41) is 14.6. The number of pyridine rings is 1. The third-order valence-corrected chi connectivity index (χ3v) is 4.42. The van der Waals surface area contributed by atoms with E-state index in [9.17, 15) is 0 Å². The van der Waals surface area contributed by atoms with E-state index >= 15 is 0 Å². The van der Waals surface area contributed by atoms with Gasteiger partial charge in [-0.3, -0.25) is 4.40 Å². The predicted octanol–water partition coefficient (Wildman–Crippen LogP) is 0.877. The zero-order valence-electron chi connectivity index (χ0n) is 14.1. The Hall–Kier alpha value is -2.94. The molecule has 130 valence electrons. The molecule has 1 saturated heterocycles. The molecule has 0 aromatic carbocycles. The van der Waals surface area contributed by atoms with Crippen LogP contribution < -0.4 is 15.5 Å². The van der Waals surface area contributed by atoms with Crippen molar-refractivity contribution in [2.75, 3.05) is 42.8 Å². The van der Waals surface area contributed by atoms with Crippen molar-refractivity contribution >= 4 is 23.2 Å². The second kappa shape index (κ2) is 6.52. The lowest BCUT2D eigenvalue weighted by Crippen LogP contribution is -2.34. The van der Waals surface area contributed by atoms with Crippen molar-refractivity contribution in [3.8, 4) is 0 Å². The van der Waals surface area contributed by atoms with Gasteiger partial charge in [0.05, 0.1) is 12.1 Å². The van der Waals surface area contributed by atoms with Gasteiger partial charge in [-0.2, -0.15) is 4.98 Å². The highest BCUT2D eigenvalue weighted by Crippen LogP contribution is 2.23. The van der Waals surface area contributed by atoms with Gasteiger partial charge in [0.15, 0.2) is 5.65 Å². The van der Waals surface area contributed by atoms with Gasteiger partial charge in [-0.15, -0.1) is 10.2 Å². The van der Waals surface area contributed by atoms with Crippen LogP contribution in [0.5, 0.6) is 0 Å². The van der Waals surface area contributed by atoms with E-state index in [4.69, 9.17) is 4.74 Å². The van der Waals surface area contributed by atoms with Crippen LogP contribution in [-0.4, -0.2) is 64.0 Å². The minimum Gasteiger partial charge on any atom is -0.377 e. The number of nitrogens with one attached hydrogen (secondary N) is 2. The number of methoxy groups -OCH3 is 1. The van der Waals surface area contributed by atoms with E-state index in [1.807, 2.05) is 35.7 Å². The average molecular weight is 340 g/mol. The summed E-state index contributed by atoms with van der Waals surface area (Å²) < 4.78 is 7.62. The van der Waals surface area contributed by atoms with Crippen LogP contribution in [0.3, 0.4) is 0 Å². The SMILES string of the molecule is CNc1nccc(N2C[C@H](OC)[C@H](Nc3cccc4nncn34)C2)n1. The summed E-state index contributed by atoms with van der Waals surface area (Å²) in [5.74, 6) is 2.43. The first-order chi connectivity index (χ1) is 12.3. The smallest absolute Gasteiger partial charge is 0.224 e. The minimum absolute atomic E-state index is 0.0414. The first kappa shape index (κ1) is 15.6. The monoisotopic (exact) mass is 340 g/mol. The number of anilines is 3. The maximum atomic E-state index is 5.69. The molecule has 25 heavy (non-hydrogen) atoms. The number of fused-ring (bicyclic) bond motifs is 1. The summed E-state index contributed by atoms with van der Waals surface area (Å²) in [6, 6.07) is 7.93. The van der Waals surface area contributed by atoms with Crippen molar-refractivity contribution in [3.63, 3.8) is 0 Å². The Morgan fingerprint density at radius 2 is 2.16 bits per heavy atom. The van der Waals surface area contributed by atoms with Gasteiger partial charge in [-0.05, 0) is 18.2 Å². The molecule has 2 N–H and O–H groups in total. The predicted molar refractivity (Wildman–Crippen MR) is 95.0 cm³/mol. The van der Waals surface area contributed by atoms with Crippen LogP contribution in [0.1, 0.15) is 0 Å². The summed E-state index contributed by atoms with van der Waals surface area (Å²) >= 11 is 0. The fraction of sp³-hybridized carbons (Fsp3) is 0.375. The topological polar surface area (TPSA) is 92.5 Å². The van der Waals surface area contributed by atoms with Crippen molar-refractivity contribution in [3.05, 3.63) is 36.8 Å². The largest absolute Gasteiger partial charge is 0.377 e. The Bertz CT molecular complexity index is 866. The van der Waals surface area contributed by atoms with Gasteiger partial charge >= 0.3 is 0 Å². The third kappa shape index (κ3) is 2.93. The van der Waals surface area contributed by atoms with E-state index in [0.717, 1.165) is 30.4 Å². The normalized spacial score (nSPS) is 20.2. The molecule has 9 heteroatoms. The van der Waals surface area contributed by atoms with Crippen molar-refractivity contribution in [1.82, 2.24) is 24.6 Å². The molecule has 0 amide bonds.